The Morgan fingerprint density at radius 1 is 0.522 bits per heavy atom. The van der Waals surface area contributed by atoms with Gasteiger partial charge in [-0.2, -0.15) is 19.3 Å². The molecule has 0 radical (unpaired) electrons. The van der Waals surface area contributed by atoms with E-state index in [1.165, 1.54) is 103 Å². The Morgan fingerprint density at radius 3 is 1.22 bits per heavy atom. The number of hydrogen-bond acceptors (Lipinski definition) is 0. The quantitative estimate of drug-likeness (QED) is 0.190. The summed E-state index contributed by atoms with van der Waals surface area (Å²) in [6.07, 6.45) is 26.0. The summed E-state index contributed by atoms with van der Waals surface area (Å²) in [6, 6.07) is 0. The van der Waals surface area contributed by atoms with Crippen molar-refractivity contribution in [2.75, 3.05) is 0 Å². The molecule has 0 unspecified atom stereocenters. The van der Waals surface area contributed by atoms with Crippen LogP contribution in [-0.4, -0.2) is 0 Å². The number of unbranched alkanes of at least 4 members (excludes halogenated alkanes) is 16. The van der Waals surface area contributed by atoms with Crippen LogP contribution in [0.25, 0.3) is 0 Å². The van der Waals surface area contributed by atoms with Crippen LogP contribution in [-0.2, 0) is 0 Å². The summed E-state index contributed by atoms with van der Waals surface area (Å²) >= 11 is 0. The monoisotopic (exact) mass is 349 g/mol. The minimum Gasteiger partial charge on any atom is -0.343 e. The van der Waals surface area contributed by atoms with Gasteiger partial charge < -0.3 is 13.3 Å². The van der Waals surface area contributed by atoms with Crippen LogP contribution in [0.15, 0.2) is 0 Å². The van der Waals surface area contributed by atoms with Crippen molar-refractivity contribution in [2.45, 2.75) is 130 Å². The molecule has 0 aromatic carbocycles. The maximum atomic E-state index is 3.76. The summed E-state index contributed by atoms with van der Waals surface area (Å²) in [4.78, 5) is 0. The molecule has 0 aromatic heterocycles. The first-order valence-corrected chi connectivity index (χ1v) is 10.4. The van der Waals surface area contributed by atoms with Crippen molar-refractivity contribution >= 4 is 0 Å². The average Bonchev–Trinajstić information content (AvgIpc) is 2.54. The molecule has 1 heteroatoms. The van der Waals surface area contributed by atoms with Crippen molar-refractivity contribution in [2.24, 2.45) is 0 Å². The van der Waals surface area contributed by atoms with Gasteiger partial charge in [0.15, 0.2) is 0 Å². The van der Waals surface area contributed by atoms with Gasteiger partial charge in [0.25, 0.3) is 0 Å². The van der Waals surface area contributed by atoms with Gasteiger partial charge >= 0.3 is 51.4 Å². The first-order valence-electron chi connectivity index (χ1n) is 10.4. The summed E-state index contributed by atoms with van der Waals surface area (Å²) in [6.45, 7) is 10.5. The average molecular weight is 350 g/mol. The van der Waals surface area contributed by atoms with Crippen LogP contribution in [0.5, 0.6) is 0 Å². The van der Waals surface area contributed by atoms with E-state index in [4.69, 9.17) is 0 Å². The van der Waals surface area contributed by atoms with Crippen molar-refractivity contribution in [1.29, 1.82) is 0 Å². The van der Waals surface area contributed by atoms with Crippen LogP contribution in [0, 0.1) is 13.3 Å². The SMILES string of the molecule is CCCCCCC[CH-]CCCCCCC.[CH2-]CCCCCC.[K+]. The minimum absolute atomic E-state index is 0. The van der Waals surface area contributed by atoms with Crippen LogP contribution in [0.2, 0.25) is 0 Å². The Hall–Kier alpha value is 1.64. The van der Waals surface area contributed by atoms with Crippen molar-refractivity contribution in [1.82, 2.24) is 0 Å². The number of hydrogen-bond donors (Lipinski definition) is 0. The van der Waals surface area contributed by atoms with Crippen LogP contribution in [0.4, 0.5) is 0 Å². The van der Waals surface area contributed by atoms with E-state index in [2.05, 4.69) is 34.1 Å². The van der Waals surface area contributed by atoms with Gasteiger partial charge in [-0.05, 0) is 0 Å². The van der Waals surface area contributed by atoms with Crippen LogP contribution in [0.3, 0.4) is 0 Å². The first kappa shape index (κ1) is 29.4. The van der Waals surface area contributed by atoms with Crippen molar-refractivity contribution < 1.29 is 51.4 Å². The third-order valence-corrected chi connectivity index (χ3v) is 4.13. The van der Waals surface area contributed by atoms with Gasteiger partial charge in [-0.25, -0.2) is 0 Å². The fraction of sp³-hybridized carbons (Fsp3) is 0.909. The molecule has 0 N–H and O–H groups in total. The van der Waals surface area contributed by atoms with E-state index in [0.717, 1.165) is 6.42 Å². The summed E-state index contributed by atoms with van der Waals surface area (Å²) in [5.74, 6) is 0. The molecule has 0 bridgehead atoms. The molecule has 0 atom stereocenters. The Morgan fingerprint density at radius 2 is 0.870 bits per heavy atom. The van der Waals surface area contributed by atoms with E-state index in [9.17, 15) is 0 Å². The zero-order valence-corrected chi connectivity index (χ0v) is 20.4. The van der Waals surface area contributed by atoms with Gasteiger partial charge in [0, 0.05) is 0 Å². The van der Waals surface area contributed by atoms with Gasteiger partial charge in [-0.3, -0.25) is 0 Å². The topological polar surface area (TPSA) is 0 Å². The van der Waals surface area contributed by atoms with E-state index < -0.39 is 0 Å². The molecule has 0 spiro atoms. The van der Waals surface area contributed by atoms with Crippen LogP contribution < -0.4 is 51.4 Å². The fourth-order valence-electron chi connectivity index (χ4n) is 2.53. The van der Waals surface area contributed by atoms with Crippen LogP contribution >= 0.6 is 0 Å². The third kappa shape index (κ3) is 35.6. The molecule has 23 heavy (non-hydrogen) atoms. The van der Waals surface area contributed by atoms with Crippen molar-refractivity contribution in [3.63, 3.8) is 0 Å². The Bertz CT molecular complexity index is 140. The van der Waals surface area contributed by atoms with Gasteiger partial charge in [0.2, 0.25) is 0 Å². The molecule has 0 saturated carbocycles. The molecular formula is C22H46K-. The van der Waals surface area contributed by atoms with E-state index in [1.54, 1.807) is 0 Å². The van der Waals surface area contributed by atoms with Gasteiger partial charge in [0.1, 0.15) is 0 Å². The predicted molar refractivity (Wildman–Crippen MR) is 105 cm³/mol. The maximum Gasteiger partial charge on any atom is 1.00 e. The van der Waals surface area contributed by atoms with Gasteiger partial charge in [-0.15, -0.1) is 0 Å². The van der Waals surface area contributed by atoms with Gasteiger partial charge in [0.05, 0.1) is 0 Å². The minimum atomic E-state index is 0. The second-order valence-electron chi connectivity index (χ2n) is 6.61. The number of rotatable bonds is 16. The molecule has 0 aliphatic heterocycles. The molecule has 0 aromatic rings. The molecule has 0 aliphatic rings. The second kappa shape index (κ2) is 31.4. The summed E-state index contributed by atoms with van der Waals surface area (Å²) in [7, 11) is 0. The summed E-state index contributed by atoms with van der Waals surface area (Å²) in [5, 5.41) is 0. The van der Waals surface area contributed by atoms with Crippen molar-refractivity contribution in [3.8, 4) is 0 Å². The molecule has 0 rings (SSSR count). The predicted octanol–water partition coefficient (Wildman–Crippen LogP) is 5.71. The normalized spacial score (nSPS) is 9.91. The molecule has 136 valence electrons. The molecule has 0 saturated heterocycles. The first-order chi connectivity index (χ1) is 10.8. The second-order valence-corrected chi connectivity index (χ2v) is 6.61. The Labute approximate surface area is 192 Å². The molecule has 0 aliphatic carbocycles. The molecule has 0 nitrogen and oxygen atoms in total. The molecular weight excluding hydrogens is 303 g/mol. The standard InChI is InChI=1S/C15H31.C7H15.K/c1-3-5-7-9-11-13-15-14-12-10-8-6-4-2;1-3-5-7-6-4-2;/h15H,3-14H2,1-2H3;1,3-7H2,2H3;/q2*-1;+1. The Balaban J connectivity index is -0.000000425. The van der Waals surface area contributed by atoms with E-state index in [-0.39, 0.29) is 51.4 Å². The van der Waals surface area contributed by atoms with E-state index >= 15 is 0 Å². The summed E-state index contributed by atoms with van der Waals surface area (Å²) in [5.41, 5.74) is 0. The smallest absolute Gasteiger partial charge is 0.343 e. The van der Waals surface area contributed by atoms with Crippen molar-refractivity contribution in [3.05, 3.63) is 13.3 Å². The van der Waals surface area contributed by atoms with E-state index in [0.29, 0.717) is 0 Å². The zero-order valence-electron chi connectivity index (χ0n) is 17.3. The molecule has 0 fully saturated rings. The van der Waals surface area contributed by atoms with Gasteiger partial charge in [-0.1, -0.05) is 111 Å². The zero-order chi connectivity index (χ0) is 16.7. The maximum absolute atomic E-state index is 3.76. The third-order valence-electron chi connectivity index (χ3n) is 4.13. The molecule has 0 amide bonds. The molecule has 0 heterocycles. The summed E-state index contributed by atoms with van der Waals surface area (Å²) < 4.78 is 0. The van der Waals surface area contributed by atoms with Crippen LogP contribution in [0.1, 0.15) is 130 Å². The Kier molecular flexibility index (Phi) is 40.2. The van der Waals surface area contributed by atoms with E-state index in [1.807, 2.05) is 0 Å². The fourth-order valence-corrected chi connectivity index (χ4v) is 2.53. The largest absolute Gasteiger partial charge is 1.00 e.